The van der Waals surface area contributed by atoms with Gasteiger partial charge in [-0.3, -0.25) is 4.90 Å². The average molecular weight is 295 g/mol. The number of nitrogens with one attached hydrogen (secondary N) is 1. The van der Waals surface area contributed by atoms with Crippen LogP contribution in [0.2, 0.25) is 0 Å². The minimum Gasteiger partial charge on any atom is -0.312 e. The van der Waals surface area contributed by atoms with Crippen LogP contribution in [-0.2, 0) is 6.42 Å². The molecule has 3 heteroatoms. The summed E-state index contributed by atoms with van der Waals surface area (Å²) in [5.41, 5.74) is 1.76. The van der Waals surface area contributed by atoms with Crippen LogP contribution >= 0.6 is 11.3 Å². The summed E-state index contributed by atoms with van der Waals surface area (Å²) >= 11 is 1.81. The first kappa shape index (κ1) is 16.0. The number of hydrogen-bond acceptors (Lipinski definition) is 3. The van der Waals surface area contributed by atoms with E-state index in [0.29, 0.717) is 6.04 Å². The van der Waals surface area contributed by atoms with Gasteiger partial charge < -0.3 is 5.32 Å². The van der Waals surface area contributed by atoms with Crippen molar-refractivity contribution in [2.75, 3.05) is 19.6 Å². The number of rotatable bonds is 7. The first-order valence-corrected chi connectivity index (χ1v) is 9.14. The van der Waals surface area contributed by atoms with Crippen LogP contribution in [0, 0.1) is 0 Å². The first-order chi connectivity index (χ1) is 9.70. The molecule has 0 amide bonds. The molecule has 114 valence electrons. The van der Waals surface area contributed by atoms with E-state index in [1.807, 2.05) is 11.3 Å². The second-order valence-electron chi connectivity index (χ2n) is 6.20. The molecule has 1 aromatic rings. The van der Waals surface area contributed by atoms with Crippen LogP contribution < -0.4 is 5.32 Å². The van der Waals surface area contributed by atoms with Crippen molar-refractivity contribution in [3.05, 3.63) is 22.4 Å². The van der Waals surface area contributed by atoms with Crippen LogP contribution in [0.1, 0.15) is 52.0 Å². The molecule has 0 saturated carbocycles. The van der Waals surface area contributed by atoms with Gasteiger partial charge in [0.1, 0.15) is 0 Å². The molecule has 1 saturated heterocycles. The van der Waals surface area contributed by atoms with Crippen molar-refractivity contribution in [1.82, 2.24) is 10.2 Å². The van der Waals surface area contributed by atoms with E-state index in [1.54, 1.807) is 0 Å². The van der Waals surface area contributed by atoms with Gasteiger partial charge in [-0.25, -0.2) is 0 Å². The highest BCUT2D eigenvalue weighted by molar-refractivity contribution is 7.07. The maximum Gasteiger partial charge on any atom is 0.0335 e. The lowest BCUT2D eigenvalue weighted by Crippen LogP contribution is -2.61. The van der Waals surface area contributed by atoms with E-state index in [0.717, 1.165) is 13.0 Å². The zero-order valence-electron chi connectivity index (χ0n) is 13.3. The van der Waals surface area contributed by atoms with Crippen LogP contribution in [0.25, 0.3) is 0 Å². The van der Waals surface area contributed by atoms with Gasteiger partial charge in [-0.1, -0.05) is 20.3 Å². The van der Waals surface area contributed by atoms with Crippen molar-refractivity contribution in [3.8, 4) is 0 Å². The molecule has 1 aromatic heterocycles. The summed E-state index contributed by atoms with van der Waals surface area (Å²) in [6.45, 7) is 10.7. The molecular formula is C17H30N2S. The molecule has 1 aliphatic rings. The fraction of sp³-hybridized carbons (Fsp3) is 0.765. The van der Waals surface area contributed by atoms with Gasteiger partial charge >= 0.3 is 0 Å². The van der Waals surface area contributed by atoms with E-state index in [9.17, 15) is 0 Å². The number of hydrogen-bond donors (Lipinski definition) is 1. The molecule has 2 heterocycles. The van der Waals surface area contributed by atoms with Crippen LogP contribution in [-0.4, -0.2) is 36.1 Å². The molecule has 1 N–H and O–H groups in total. The fourth-order valence-corrected chi connectivity index (χ4v) is 4.18. The first-order valence-electron chi connectivity index (χ1n) is 8.20. The van der Waals surface area contributed by atoms with E-state index < -0.39 is 0 Å². The molecule has 0 bridgehead atoms. The van der Waals surface area contributed by atoms with Gasteiger partial charge in [-0.2, -0.15) is 11.3 Å². The molecule has 2 unspecified atom stereocenters. The van der Waals surface area contributed by atoms with Gasteiger partial charge in [0, 0.05) is 11.6 Å². The highest BCUT2D eigenvalue weighted by Crippen LogP contribution is 2.29. The number of likely N-dealkylation sites (tertiary alicyclic amines) is 1. The molecule has 0 aromatic carbocycles. The Bertz CT molecular complexity index is 370. The average Bonchev–Trinajstić information content (AvgIpc) is 3.00. The maximum absolute atomic E-state index is 3.77. The Balaban J connectivity index is 2.13. The SMILES string of the molecule is CCNC(Cc1ccsc1)C(C)(CC)N1CCCCC1. The quantitative estimate of drug-likeness (QED) is 0.820. The summed E-state index contributed by atoms with van der Waals surface area (Å²) < 4.78 is 0. The van der Waals surface area contributed by atoms with Crippen LogP contribution in [0.5, 0.6) is 0 Å². The second kappa shape index (κ2) is 7.58. The summed E-state index contributed by atoms with van der Waals surface area (Å²) in [4.78, 5) is 2.75. The Morgan fingerprint density at radius 2 is 2.05 bits per heavy atom. The molecule has 2 nitrogen and oxygen atoms in total. The predicted octanol–water partition coefficient (Wildman–Crippen LogP) is 3.92. The van der Waals surface area contributed by atoms with Crippen molar-refractivity contribution < 1.29 is 0 Å². The van der Waals surface area contributed by atoms with Crippen molar-refractivity contribution >= 4 is 11.3 Å². The minimum atomic E-state index is 0.276. The predicted molar refractivity (Wildman–Crippen MR) is 89.6 cm³/mol. The molecule has 1 aliphatic heterocycles. The molecular weight excluding hydrogens is 264 g/mol. The minimum absolute atomic E-state index is 0.276. The van der Waals surface area contributed by atoms with Gasteiger partial charge in [0.05, 0.1) is 0 Å². The Labute approximate surface area is 128 Å². The summed E-state index contributed by atoms with van der Waals surface area (Å²) in [5, 5.41) is 8.27. The Kier molecular flexibility index (Phi) is 6.06. The van der Waals surface area contributed by atoms with Gasteiger partial charge in [-0.15, -0.1) is 0 Å². The molecule has 0 aliphatic carbocycles. The highest BCUT2D eigenvalue weighted by Gasteiger charge is 2.38. The second-order valence-corrected chi connectivity index (χ2v) is 6.98. The molecule has 2 atom stereocenters. The summed E-state index contributed by atoms with van der Waals surface area (Å²) in [5.74, 6) is 0. The van der Waals surface area contributed by atoms with Gasteiger partial charge in [0.2, 0.25) is 0 Å². The third-order valence-electron chi connectivity index (χ3n) is 5.02. The fourth-order valence-electron chi connectivity index (χ4n) is 3.50. The molecule has 0 spiro atoms. The van der Waals surface area contributed by atoms with E-state index in [-0.39, 0.29) is 5.54 Å². The van der Waals surface area contributed by atoms with Crippen LogP contribution in [0.4, 0.5) is 0 Å². The smallest absolute Gasteiger partial charge is 0.0335 e. The zero-order valence-corrected chi connectivity index (χ0v) is 14.1. The van der Waals surface area contributed by atoms with Crippen LogP contribution in [0.15, 0.2) is 16.8 Å². The van der Waals surface area contributed by atoms with Gasteiger partial charge in [0.25, 0.3) is 0 Å². The Morgan fingerprint density at radius 1 is 1.30 bits per heavy atom. The topological polar surface area (TPSA) is 15.3 Å². The number of piperidine rings is 1. The summed E-state index contributed by atoms with van der Waals surface area (Å²) in [6, 6.07) is 2.83. The normalized spacial score (nSPS) is 21.6. The van der Waals surface area contributed by atoms with E-state index in [2.05, 4.69) is 47.8 Å². The molecule has 1 fully saturated rings. The molecule has 20 heavy (non-hydrogen) atoms. The largest absolute Gasteiger partial charge is 0.312 e. The van der Waals surface area contributed by atoms with Crippen LogP contribution in [0.3, 0.4) is 0 Å². The molecule has 2 rings (SSSR count). The monoisotopic (exact) mass is 294 g/mol. The number of likely N-dealkylation sites (N-methyl/N-ethyl adjacent to an activating group) is 1. The third kappa shape index (κ3) is 3.63. The number of nitrogens with zero attached hydrogens (tertiary/aromatic N) is 1. The third-order valence-corrected chi connectivity index (χ3v) is 5.75. The van der Waals surface area contributed by atoms with Crippen molar-refractivity contribution in [3.63, 3.8) is 0 Å². The van der Waals surface area contributed by atoms with Crippen molar-refractivity contribution in [1.29, 1.82) is 0 Å². The Hall–Kier alpha value is -0.380. The lowest BCUT2D eigenvalue weighted by Gasteiger charge is -2.48. The maximum atomic E-state index is 3.77. The summed E-state index contributed by atoms with van der Waals surface area (Å²) in [6.07, 6.45) is 6.51. The highest BCUT2D eigenvalue weighted by atomic mass is 32.1. The zero-order chi connectivity index (χ0) is 14.4. The lowest BCUT2D eigenvalue weighted by molar-refractivity contribution is 0.0434. The standard InChI is InChI=1S/C17H30N2S/c1-4-17(3,19-10-7-6-8-11-19)16(18-5-2)13-15-9-12-20-14-15/h9,12,14,16,18H,4-8,10-11,13H2,1-3H3. The van der Waals surface area contributed by atoms with E-state index in [4.69, 9.17) is 0 Å². The van der Waals surface area contributed by atoms with Gasteiger partial charge in [0.15, 0.2) is 0 Å². The van der Waals surface area contributed by atoms with E-state index in [1.165, 1.54) is 44.3 Å². The number of thiophene rings is 1. The molecule has 0 radical (unpaired) electrons. The van der Waals surface area contributed by atoms with Gasteiger partial charge in [-0.05, 0) is 74.6 Å². The Morgan fingerprint density at radius 3 is 2.60 bits per heavy atom. The summed E-state index contributed by atoms with van der Waals surface area (Å²) in [7, 11) is 0. The van der Waals surface area contributed by atoms with Crippen molar-refractivity contribution in [2.45, 2.75) is 64.5 Å². The van der Waals surface area contributed by atoms with Crippen molar-refractivity contribution in [2.24, 2.45) is 0 Å². The lowest BCUT2D eigenvalue weighted by atomic mass is 9.82. The van der Waals surface area contributed by atoms with E-state index >= 15 is 0 Å².